The van der Waals surface area contributed by atoms with Crippen LogP contribution in [0, 0.1) is 5.92 Å². The number of nitrogens with one attached hydrogen (secondary N) is 1. The van der Waals surface area contributed by atoms with Gasteiger partial charge in [-0.05, 0) is 43.4 Å². The van der Waals surface area contributed by atoms with Crippen molar-refractivity contribution in [2.75, 3.05) is 21.3 Å². The lowest BCUT2D eigenvalue weighted by Gasteiger charge is -2.48. The molecule has 1 unspecified atom stereocenters. The van der Waals surface area contributed by atoms with Gasteiger partial charge >= 0.3 is 0 Å². The Morgan fingerprint density at radius 3 is 2.23 bits per heavy atom. The Bertz CT molecular complexity index is 780. The third-order valence-corrected chi connectivity index (χ3v) is 6.89. The van der Waals surface area contributed by atoms with Gasteiger partial charge in [0.25, 0.3) is 0 Å². The van der Waals surface area contributed by atoms with Crippen molar-refractivity contribution in [2.45, 2.75) is 69.5 Å². The van der Waals surface area contributed by atoms with E-state index in [1.54, 1.807) is 38.4 Å². The number of likely N-dealkylation sites (tertiary alicyclic amines) is 1. The monoisotopic (exact) mass is 416 g/mol. The molecule has 30 heavy (non-hydrogen) atoms. The molecule has 4 rings (SSSR count). The average Bonchev–Trinajstić information content (AvgIpc) is 3.21. The summed E-state index contributed by atoms with van der Waals surface area (Å²) < 4.78 is 16.4. The third kappa shape index (κ3) is 3.59. The van der Waals surface area contributed by atoms with E-state index in [2.05, 4.69) is 5.32 Å². The van der Waals surface area contributed by atoms with Gasteiger partial charge in [-0.25, -0.2) is 0 Å². The Morgan fingerprint density at radius 2 is 1.63 bits per heavy atom. The SMILES string of the molecule is COc1cc(C(C(=O)NC2CCCCC2)N2C(=O)[C@@H]3CCC[C@@H]32)cc(OC)c1OC. The lowest BCUT2D eigenvalue weighted by Crippen LogP contribution is -2.62. The lowest BCUT2D eigenvalue weighted by atomic mass is 9.86. The fraction of sp³-hybridized carbons (Fsp3) is 0.652. The minimum Gasteiger partial charge on any atom is -0.493 e. The topological polar surface area (TPSA) is 77.1 Å². The molecule has 0 radical (unpaired) electrons. The van der Waals surface area contributed by atoms with Crippen LogP contribution in [-0.4, -0.2) is 50.1 Å². The maximum Gasteiger partial charge on any atom is 0.247 e. The predicted octanol–water partition coefficient (Wildman–Crippen LogP) is 3.21. The summed E-state index contributed by atoms with van der Waals surface area (Å²) in [4.78, 5) is 28.2. The molecule has 2 saturated carbocycles. The highest BCUT2D eigenvalue weighted by Gasteiger charge is 2.54. The molecule has 1 aromatic rings. The molecule has 0 aromatic heterocycles. The summed E-state index contributed by atoms with van der Waals surface area (Å²) in [6.45, 7) is 0. The van der Waals surface area contributed by atoms with E-state index < -0.39 is 6.04 Å². The van der Waals surface area contributed by atoms with Crippen molar-refractivity contribution in [2.24, 2.45) is 5.92 Å². The fourth-order valence-corrected chi connectivity index (χ4v) is 5.38. The number of methoxy groups -OCH3 is 3. The van der Waals surface area contributed by atoms with Crippen LogP contribution in [0.3, 0.4) is 0 Å². The zero-order valence-corrected chi connectivity index (χ0v) is 18.1. The quantitative estimate of drug-likeness (QED) is 0.691. The van der Waals surface area contributed by atoms with Gasteiger partial charge in [-0.1, -0.05) is 25.7 Å². The first-order chi connectivity index (χ1) is 14.6. The number of benzene rings is 1. The first-order valence-electron chi connectivity index (χ1n) is 11.0. The largest absolute Gasteiger partial charge is 0.493 e. The number of amides is 2. The van der Waals surface area contributed by atoms with Crippen molar-refractivity contribution in [3.63, 3.8) is 0 Å². The van der Waals surface area contributed by atoms with Crippen molar-refractivity contribution >= 4 is 11.8 Å². The first kappa shape index (κ1) is 20.8. The first-order valence-corrected chi connectivity index (χ1v) is 11.0. The molecule has 1 heterocycles. The third-order valence-electron chi connectivity index (χ3n) is 6.89. The summed E-state index contributed by atoms with van der Waals surface area (Å²) in [7, 11) is 4.66. The predicted molar refractivity (Wildman–Crippen MR) is 112 cm³/mol. The van der Waals surface area contributed by atoms with Gasteiger partial charge in [0.15, 0.2) is 11.5 Å². The molecule has 2 amide bonds. The number of hydrogen-bond acceptors (Lipinski definition) is 5. The van der Waals surface area contributed by atoms with E-state index in [0.717, 1.165) is 44.9 Å². The second-order valence-electron chi connectivity index (χ2n) is 8.55. The van der Waals surface area contributed by atoms with Gasteiger partial charge in [0, 0.05) is 12.1 Å². The molecule has 0 spiro atoms. The lowest BCUT2D eigenvalue weighted by molar-refractivity contribution is -0.163. The Labute approximate surface area is 178 Å². The van der Waals surface area contributed by atoms with Gasteiger partial charge in [-0.3, -0.25) is 9.59 Å². The minimum absolute atomic E-state index is 0.0667. The number of β-lactam (4-membered cyclic amide) rings is 1. The smallest absolute Gasteiger partial charge is 0.247 e. The maximum atomic E-state index is 13.5. The highest BCUT2D eigenvalue weighted by Crippen LogP contribution is 2.47. The van der Waals surface area contributed by atoms with E-state index in [1.807, 2.05) is 0 Å². The number of carbonyl (C=O) groups is 2. The van der Waals surface area contributed by atoms with Gasteiger partial charge in [-0.15, -0.1) is 0 Å². The van der Waals surface area contributed by atoms with Crippen LogP contribution in [-0.2, 0) is 9.59 Å². The molecule has 1 aromatic carbocycles. The molecule has 2 aliphatic carbocycles. The Hall–Kier alpha value is -2.44. The van der Waals surface area contributed by atoms with E-state index in [0.29, 0.717) is 22.8 Å². The van der Waals surface area contributed by atoms with Crippen molar-refractivity contribution in [3.05, 3.63) is 17.7 Å². The molecule has 1 N–H and O–H groups in total. The molecule has 164 valence electrons. The van der Waals surface area contributed by atoms with Crippen LogP contribution < -0.4 is 19.5 Å². The van der Waals surface area contributed by atoms with Crippen LogP contribution in [0.1, 0.15) is 63.0 Å². The zero-order chi connectivity index (χ0) is 21.3. The van der Waals surface area contributed by atoms with Crippen molar-refractivity contribution in [1.82, 2.24) is 10.2 Å². The maximum absolute atomic E-state index is 13.5. The Morgan fingerprint density at radius 1 is 0.967 bits per heavy atom. The summed E-state index contributed by atoms with van der Waals surface area (Å²) in [6.07, 6.45) is 8.38. The fourth-order valence-electron chi connectivity index (χ4n) is 5.38. The molecule has 3 aliphatic rings. The molecule has 7 heteroatoms. The summed E-state index contributed by atoms with van der Waals surface area (Å²) in [6, 6.07) is 3.21. The van der Waals surface area contributed by atoms with Gasteiger partial charge < -0.3 is 24.4 Å². The van der Waals surface area contributed by atoms with E-state index in [9.17, 15) is 9.59 Å². The van der Waals surface area contributed by atoms with Crippen LogP contribution in [0.2, 0.25) is 0 Å². The number of nitrogens with zero attached hydrogens (tertiary/aromatic N) is 1. The molecule has 0 bridgehead atoms. The van der Waals surface area contributed by atoms with Gasteiger partial charge in [0.2, 0.25) is 17.6 Å². The average molecular weight is 417 g/mol. The van der Waals surface area contributed by atoms with Crippen molar-refractivity contribution in [1.29, 1.82) is 0 Å². The molecule has 3 fully saturated rings. The number of fused-ring (bicyclic) bond motifs is 1. The molecular weight excluding hydrogens is 384 g/mol. The van der Waals surface area contributed by atoms with Gasteiger partial charge in [0.1, 0.15) is 6.04 Å². The van der Waals surface area contributed by atoms with Crippen LogP contribution in [0.25, 0.3) is 0 Å². The Balaban J connectivity index is 1.70. The Kier molecular flexibility index (Phi) is 6.06. The van der Waals surface area contributed by atoms with Crippen molar-refractivity contribution in [3.8, 4) is 17.2 Å². The van der Waals surface area contributed by atoms with E-state index in [4.69, 9.17) is 14.2 Å². The van der Waals surface area contributed by atoms with Crippen LogP contribution in [0.4, 0.5) is 0 Å². The number of rotatable bonds is 7. The van der Waals surface area contributed by atoms with Gasteiger partial charge in [-0.2, -0.15) is 0 Å². The van der Waals surface area contributed by atoms with Crippen LogP contribution >= 0.6 is 0 Å². The summed E-state index contributed by atoms with van der Waals surface area (Å²) in [5, 5.41) is 3.22. The number of hydrogen-bond donors (Lipinski definition) is 1. The molecule has 1 saturated heterocycles. The van der Waals surface area contributed by atoms with Gasteiger partial charge in [0.05, 0.1) is 27.2 Å². The second-order valence-corrected chi connectivity index (χ2v) is 8.55. The zero-order valence-electron chi connectivity index (χ0n) is 18.1. The standard InChI is InChI=1S/C23H32N2O5/c1-28-18-12-14(13-19(29-2)21(18)30-3)20(22(26)24-15-8-5-4-6-9-15)25-17-11-7-10-16(17)23(25)27/h12-13,15-17,20H,4-11H2,1-3H3,(H,24,26)/t16-,17+,20?/m1/s1. The number of carbonyl (C=O) groups excluding carboxylic acids is 2. The van der Waals surface area contributed by atoms with E-state index in [1.165, 1.54) is 6.42 Å². The highest BCUT2D eigenvalue weighted by atomic mass is 16.5. The van der Waals surface area contributed by atoms with E-state index in [-0.39, 0.29) is 29.8 Å². The van der Waals surface area contributed by atoms with Crippen LogP contribution in [0.15, 0.2) is 12.1 Å². The second kappa shape index (κ2) is 8.74. The molecule has 1 aliphatic heterocycles. The summed E-state index contributed by atoms with van der Waals surface area (Å²) in [5.41, 5.74) is 0.691. The van der Waals surface area contributed by atoms with Crippen molar-refractivity contribution < 1.29 is 23.8 Å². The summed E-state index contributed by atoms with van der Waals surface area (Å²) >= 11 is 0. The van der Waals surface area contributed by atoms with E-state index >= 15 is 0 Å². The number of ether oxygens (including phenoxy) is 3. The molecular formula is C23H32N2O5. The molecule has 7 nitrogen and oxygen atoms in total. The van der Waals surface area contributed by atoms with Crippen LogP contribution in [0.5, 0.6) is 17.2 Å². The normalized spacial score (nSPS) is 24.6. The molecule has 3 atom stereocenters. The minimum atomic E-state index is -0.688. The highest BCUT2D eigenvalue weighted by molar-refractivity contribution is 5.94. The summed E-state index contributed by atoms with van der Waals surface area (Å²) in [5.74, 6) is 1.47.